The van der Waals surface area contributed by atoms with Crippen LogP contribution in [0.25, 0.3) is 33.4 Å². The van der Waals surface area contributed by atoms with E-state index >= 15 is 0 Å². The van der Waals surface area contributed by atoms with E-state index in [1.54, 1.807) is 24.3 Å². The van der Waals surface area contributed by atoms with E-state index in [2.05, 4.69) is 0 Å². The number of carbonyl (C=O) groups is 1. The first kappa shape index (κ1) is 19.9. The Labute approximate surface area is 187 Å². The molecule has 1 fully saturated rings. The lowest BCUT2D eigenvalue weighted by molar-refractivity contribution is 0.0793. The third kappa shape index (κ3) is 3.44. The van der Waals surface area contributed by atoms with Gasteiger partial charge in [-0.25, -0.2) is 0 Å². The van der Waals surface area contributed by atoms with Crippen LogP contribution in [0.2, 0.25) is 10.0 Å². The van der Waals surface area contributed by atoms with Gasteiger partial charge in [0.2, 0.25) is 5.43 Å². The highest BCUT2D eigenvalue weighted by Crippen LogP contribution is 2.43. The van der Waals surface area contributed by atoms with Gasteiger partial charge >= 0.3 is 0 Å². The van der Waals surface area contributed by atoms with Gasteiger partial charge in [0.15, 0.2) is 0 Å². The van der Waals surface area contributed by atoms with Crippen molar-refractivity contribution in [1.29, 1.82) is 0 Å². The minimum absolute atomic E-state index is 0.0221. The Kier molecular flexibility index (Phi) is 4.88. The molecule has 2 heterocycles. The number of hydrogen-bond acceptors (Lipinski definition) is 4. The van der Waals surface area contributed by atoms with Gasteiger partial charge in [0, 0.05) is 47.3 Å². The Morgan fingerprint density at radius 2 is 1.68 bits per heavy atom. The molecule has 0 radical (unpaired) electrons. The summed E-state index contributed by atoms with van der Waals surface area (Å²) in [7, 11) is 0. The van der Waals surface area contributed by atoms with Gasteiger partial charge in [-0.2, -0.15) is 0 Å². The average molecular weight is 454 g/mol. The van der Waals surface area contributed by atoms with Crippen molar-refractivity contribution in [2.24, 2.45) is 0 Å². The molecule has 1 aliphatic carbocycles. The molecule has 0 bridgehead atoms. The fourth-order valence-corrected chi connectivity index (χ4v) is 4.42. The number of benzene rings is 3. The highest BCUT2D eigenvalue weighted by atomic mass is 35.5. The summed E-state index contributed by atoms with van der Waals surface area (Å²) in [6, 6.07) is 13.2. The Hall–Kier alpha value is -3.02. The second-order valence-electron chi connectivity index (χ2n) is 7.63. The normalized spacial score (nSPS) is 13.9. The van der Waals surface area contributed by atoms with Crippen LogP contribution in [0.5, 0.6) is 5.75 Å². The summed E-state index contributed by atoms with van der Waals surface area (Å²) < 4.78 is 5.87. The zero-order chi connectivity index (χ0) is 21.7. The van der Waals surface area contributed by atoms with Crippen molar-refractivity contribution in [2.75, 3.05) is 13.1 Å². The number of nitrogens with zero attached hydrogens (tertiary/aromatic N) is 1. The predicted octanol–water partition coefficient (Wildman–Crippen LogP) is 5.81. The van der Waals surface area contributed by atoms with Gasteiger partial charge in [-0.15, -0.1) is 0 Å². The average Bonchev–Trinajstić information content (AvgIpc) is 3.29. The van der Waals surface area contributed by atoms with Crippen molar-refractivity contribution < 1.29 is 14.3 Å². The minimum Gasteiger partial charge on any atom is -0.506 e. The molecule has 5 nitrogen and oxygen atoms in total. The standard InChI is InChI=1S/C24H17Cl2NO4/c25-17-9-15-21(11-19(17)28)31-22-12-20(29)18(26)10-16(22)23(15)13-3-5-14(6-4-13)24(30)27-7-1-2-8-27/h3-6,9-12,28H,1-2,7-8H2. The number of hydrogen-bond donors (Lipinski definition) is 1. The zero-order valence-electron chi connectivity index (χ0n) is 16.3. The first-order chi connectivity index (χ1) is 14.9. The van der Waals surface area contributed by atoms with Crippen LogP contribution in [0, 0.1) is 0 Å². The Morgan fingerprint density at radius 3 is 2.39 bits per heavy atom. The zero-order valence-corrected chi connectivity index (χ0v) is 17.8. The van der Waals surface area contributed by atoms with Gasteiger partial charge in [0.25, 0.3) is 5.91 Å². The molecule has 1 amide bonds. The Balaban J connectivity index is 1.72. The van der Waals surface area contributed by atoms with Crippen molar-refractivity contribution in [3.63, 3.8) is 0 Å². The highest BCUT2D eigenvalue weighted by molar-refractivity contribution is 6.33. The van der Waals surface area contributed by atoms with Crippen molar-refractivity contribution in [1.82, 2.24) is 4.90 Å². The summed E-state index contributed by atoms with van der Waals surface area (Å²) in [5, 5.41) is 10.9. The molecule has 1 N–H and O–H groups in total. The molecular formula is C24H17Cl2NO4. The predicted molar refractivity (Wildman–Crippen MR) is 121 cm³/mol. The van der Waals surface area contributed by atoms with Crippen LogP contribution in [-0.2, 0) is 0 Å². The van der Waals surface area contributed by atoms with Crippen molar-refractivity contribution in [3.8, 4) is 28.2 Å². The SMILES string of the molecule is O=C(c1ccc(-c2c3cc(Cl)c(=O)cc-3oc3cc(O)c(Cl)cc23)cc1)N1CCCC1. The van der Waals surface area contributed by atoms with Crippen LogP contribution in [0.3, 0.4) is 0 Å². The number of halogens is 2. The van der Waals surface area contributed by atoms with Gasteiger partial charge in [-0.3, -0.25) is 9.59 Å². The van der Waals surface area contributed by atoms with E-state index in [4.69, 9.17) is 27.6 Å². The summed E-state index contributed by atoms with van der Waals surface area (Å²) >= 11 is 12.3. The van der Waals surface area contributed by atoms with Gasteiger partial charge in [0.1, 0.15) is 17.1 Å². The maximum absolute atomic E-state index is 12.7. The molecule has 7 heteroatoms. The lowest BCUT2D eigenvalue weighted by atomic mass is 9.93. The molecule has 0 aromatic heterocycles. The molecule has 2 aromatic carbocycles. The molecule has 2 aromatic rings. The van der Waals surface area contributed by atoms with Gasteiger partial charge in [0.05, 0.1) is 10.0 Å². The molecular weight excluding hydrogens is 437 g/mol. The number of fused-ring (bicyclic) bond motifs is 2. The van der Waals surface area contributed by atoms with E-state index in [1.165, 1.54) is 12.1 Å². The molecule has 0 saturated carbocycles. The van der Waals surface area contributed by atoms with Crippen LogP contribution >= 0.6 is 23.2 Å². The number of rotatable bonds is 2. The van der Waals surface area contributed by atoms with E-state index < -0.39 is 0 Å². The number of likely N-dealkylation sites (tertiary alicyclic amines) is 1. The summed E-state index contributed by atoms with van der Waals surface area (Å²) in [6.07, 6.45) is 2.07. The maximum atomic E-state index is 12.7. The van der Waals surface area contributed by atoms with Gasteiger partial charge in [-0.05, 0) is 42.7 Å². The fraction of sp³-hybridized carbons (Fsp3) is 0.167. The monoisotopic (exact) mass is 453 g/mol. The van der Waals surface area contributed by atoms with E-state index in [0.29, 0.717) is 27.9 Å². The van der Waals surface area contributed by atoms with Crippen molar-refractivity contribution >= 4 is 40.1 Å². The third-order valence-corrected chi connectivity index (χ3v) is 6.25. The molecule has 31 heavy (non-hydrogen) atoms. The van der Waals surface area contributed by atoms with Gasteiger partial charge in [-0.1, -0.05) is 35.3 Å². The number of amides is 1. The highest BCUT2D eigenvalue weighted by Gasteiger charge is 2.22. The fourth-order valence-electron chi connectivity index (χ4n) is 4.09. The smallest absolute Gasteiger partial charge is 0.253 e. The van der Waals surface area contributed by atoms with Gasteiger partial charge < -0.3 is 14.4 Å². The lowest BCUT2D eigenvalue weighted by Gasteiger charge is -2.17. The second-order valence-corrected chi connectivity index (χ2v) is 8.45. The van der Waals surface area contributed by atoms with Crippen molar-refractivity contribution in [3.05, 3.63) is 74.4 Å². The van der Waals surface area contributed by atoms with E-state index in [-0.39, 0.29) is 27.1 Å². The van der Waals surface area contributed by atoms with E-state index in [0.717, 1.165) is 37.1 Å². The molecule has 5 rings (SSSR count). The molecule has 156 valence electrons. The van der Waals surface area contributed by atoms with Crippen LogP contribution in [0.4, 0.5) is 0 Å². The van der Waals surface area contributed by atoms with Crippen LogP contribution in [0.15, 0.2) is 57.7 Å². The second kappa shape index (κ2) is 7.59. The summed E-state index contributed by atoms with van der Waals surface area (Å²) in [6.45, 7) is 1.57. The number of aromatic hydroxyl groups is 1. The third-order valence-electron chi connectivity index (χ3n) is 5.66. The first-order valence-electron chi connectivity index (χ1n) is 9.90. The number of phenols is 1. The summed E-state index contributed by atoms with van der Waals surface area (Å²) in [5.41, 5.74) is 2.84. The number of carbonyl (C=O) groups excluding carboxylic acids is 1. The van der Waals surface area contributed by atoms with E-state index in [1.807, 2.05) is 17.0 Å². The van der Waals surface area contributed by atoms with Crippen LogP contribution in [-0.4, -0.2) is 29.0 Å². The summed E-state index contributed by atoms with van der Waals surface area (Å²) in [4.78, 5) is 26.6. The van der Waals surface area contributed by atoms with Crippen LogP contribution < -0.4 is 5.43 Å². The van der Waals surface area contributed by atoms with E-state index in [9.17, 15) is 14.7 Å². The summed E-state index contributed by atoms with van der Waals surface area (Å²) in [5.74, 6) is 0.246. The topological polar surface area (TPSA) is 70.8 Å². The Morgan fingerprint density at radius 1 is 0.968 bits per heavy atom. The molecule has 1 saturated heterocycles. The Bertz CT molecular complexity index is 1350. The maximum Gasteiger partial charge on any atom is 0.253 e. The molecule has 0 spiro atoms. The van der Waals surface area contributed by atoms with Crippen molar-refractivity contribution in [2.45, 2.75) is 12.8 Å². The molecule has 0 atom stereocenters. The number of phenolic OH excluding ortho intramolecular Hbond substituents is 1. The first-order valence-corrected chi connectivity index (χ1v) is 10.7. The molecule has 3 aliphatic rings. The minimum atomic E-state index is -0.354. The lowest BCUT2D eigenvalue weighted by Crippen LogP contribution is -2.27. The molecule has 2 aliphatic heterocycles. The quantitative estimate of drug-likeness (QED) is 0.388. The molecule has 0 unspecified atom stereocenters. The largest absolute Gasteiger partial charge is 0.506 e. The van der Waals surface area contributed by atoms with Crippen LogP contribution in [0.1, 0.15) is 23.2 Å².